The zero-order valence-corrected chi connectivity index (χ0v) is 5.59. The van der Waals surface area contributed by atoms with Gasteiger partial charge in [0.1, 0.15) is 6.29 Å². The van der Waals surface area contributed by atoms with E-state index in [1.54, 1.807) is 6.08 Å². The molecule has 0 spiro atoms. The Bertz CT molecular complexity index is 74.3. The molecule has 0 aromatic heterocycles. The predicted octanol–water partition coefficient (Wildman–Crippen LogP) is 0.814. The standard InChI is InChI=1S/C3H6.C2H4O.CO2/c1-3-2;1-2-3;2-1-3/h3H,1H2,2H3;2H,1H3;. The fourth-order valence-electron chi connectivity index (χ4n) is 0. The lowest BCUT2D eigenvalue weighted by molar-refractivity contribution is -0.191. The summed E-state index contributed by atoms with van der Waals surface area (Å²) in [5.41, 5.74) is 0. The van der Waals surface area contributed by atoms with Gasteiger partial charge >= 0.3 is 6.15 Å². The summed E-state index contributed by atoms with van der Waals surface area (Å²) < 4.78 is 0. The second-order valence-electron chi connectivity index (χ2n) is 0.727. The second kappa shape index (κ2) is 71.0. The molecule has 0 amide bonds. The van der Waals surface area contributed by atoms with E-state index in [-0.39, 0.29) is 6.15 Å². The van der Waals surface area contributed by atoms with Crippen molar-refractivity contribution in [3.05, 3.63) is 12.7 Å². The molecular weight excluding hydrogens is 120 g/mol. The fourth-order valence-corrected chi connectivity index (χ4v) is 0. The van der Waals surface area contributed by atoms with Gasteiger partial charge in [-0.3, -0.25) is 0 Å². The van der Waals surface area contributed by atoms with Gasteiger partial charge in [0, 0.05) is 0 Å². The fraction of sp³-hybridized carbons (Fsp3) is 0.333. The summed E-state index contributed by atoms with van der Waals surface area (Å²) in [5, 5.41) is 0. The van der Waals surface area contributed by atoms with Crippen LogP contribution in [0.25, 0.3) is 0 Å². The summed E-state index contributed by atoms with van der Waals surface area (Å²) in [6, 6.07) is 0. The molecule has 0 radical (unpaired) electrons. The minimum Gasteiger partial charge on any atom is -0.304 e. The highest BCUT2D eigenvalue weighted by Gasteiger charge is 1.24. The van der Waals surface area contributed by atoms with Crippen LogP contribution in [0.1, 0.15) is 13.8 Å². The van der Waals surface area contributed by atoms with E-state index in [2.05, 4.69) is 6.58 Å². The van der Waals surface area contributed by atoms with Crippen LogP contribution in [0.5, 0.6) is 0 Å². The number of carbonyl (C=O) groups is 1. The molecular formula is C6H10O3. The summed E-state index contributed by atoms with van der Waals surface area (Å²) >= 11 is 0. The summed E-state index contributed by atoms with van der Waals surface area (Å²) in [6.07, 6.45) is 2.75. The Balaban J connectivity index is -0.0000000600. The van der Waals surface area contributed by atoms with E-state index in [0.717, 1.165) is 6.29 Å². The third kappa shape index (κ3) is 106. The van der Waals surface area contributed by atoms with Crippen LogP contribution >= 0.6 is 0 Å². The molecule has 0 heterocycles. The highest BCUT2D eigenvalue weighted by atomic mass is 16.2. The predicted molar refractivity (Wildman–Crippen MR) is 32.6 cm³/mol. The molecule has 3 nitrogen and oxygen atoms in total. The van der Waals surface area contributed by atoms with E-state index >= 15 is 0 Å². The van der Waals surface area contributed by atoms with Crippen molar-refractivity contribution in [2.45, 2.75) is 13.8 Å². The Morgan fingerprint density at radius 1 is 1.33 bits per heavy atom. The van der Waals surface area contributed by atoms with Crippen molar-refractivity contribution in [2.75, 3.05) is 0 Å². The highest BCUT2D eigenvalue weighted by molar-refractivity contribution is 5.44. The molecule has 0 aliphatic carbocycles. The maximum absolute atomic E-state index is 8.81. The number of hydrogen-bond donors (Lipinski definition) is 0. The first-order chi connectivity index (χ1) is 4.24. The molecule has 0 atom stereocenters. The maximum atomic E-state index is 8.81. The molecule has 0 unspecified atom stereocenters. The van der Waals surface area contributed by atoms with E-state index in [4.69, 9.17) is 14.4 Å². The first-order valence-corrected chi connectivity index (χ1v) is 2.21. The lowest BCUT2D eigenvalue weighted by Crippen LogP contribution is -1.36. The van der Waals surface area contributed by atoms with Gasteiger partial charge in [-0.05, 0) is 13.8 Å². The largest absolute Gasteiger partial charge is 0.373 e. The van der Waals surface area contributed by atoms with Crippen LogP contribution in [-0.2, 0) is 14.4 Å². The summed E-state index contributed by atoms with van der Waals surface area (Å²) in [5.74, 6) is 0. The average molecular weight is 130 g/mol. The van der Waals surface area contributed by atoms with E-state index in [1.165, 1.54) is 6.92 Å². The van der Waals surface area contributed by atoms with E-state index in [9.17, 15) is 0 Å². The van der Waals surface area contributed by atoms with Crippen LogP contribution in [0.2, 0.25) is 0 Å². The van der Waals surface area contributed by atoms with Crippen molar-refractivity contribution in [2.24, 2.45) is 0 Å². The highest BCUT2D eigenvalue weighted by Crippen LogP contribution is 1.38. The molecule has 0 aliphatic rings. The lowest BCUT2D eigenvalue weighted by Gasteiger charge is -1.31. The van der Waals surface area contributed by atoms with E-state index in [1.807, 2.05) is 6.92 Å². The van der Waals surface area contributed by atoms with E-state index in [0.29, 0.717) is 0 Å². The van der Waals surface area contributed by atoms with Crippen LogP contribution in [0.4, 0.5) is 0 Å². The first-order valence-electron chi connectivity index (χ1n) is 2.21. The Morgan fingerprint density at radius 3 is 1.33 bits per heavy atom. The Labute approximate surface area is 54.4 Å². The van der Waals surface area contributed by atoms with Gasteiger partial charge in [0.15, 0.2) is 0 Å². The minimum absolute atomic E-state index is 0.250. The molecule has 0 saturated carbocycles. The topological polar surface area (TPSA) is 51.2 Å². The van der Waals surface area contributed by atoms with Gasteiger partial charge in [-0.2, -0.15) is 9.59 Å². The van der Waals surface area contributed by atoms with E-state index < -0.39 is 0 Å². The van der Waals surface area contributed by atoms with Crippen molar-refractivity contribution in [1.29, 1.82) is 0 Å². The quantitative estimate of drug-likeness (QED) is 0.360. The third-order valence-electron chi connectivity index (χ3n) is 0. The Kier molecular flexibility index (Phi) is 124. The number of aldehydes is 1. The first kappa shape index (κ1) is 15.7. The molecule has 0 N–H and O–H groups in total. The molecule has 0 fully saturated rings. The van der Waals surface area contributed by atoms with Gasteiger partial charge < -0.3 is 4.79 Å². The summed E-state index contributed by atoms with van der Waals surface area (Å²) in [7, 11) is 0. The minimum atomic E-state index is 0.250. The van der Waals surface area contributed by atoms with Crippen LogP contribution in [-0.4, -0.2) is 12.4 Å². The maximum Gasteiger partial charge on any atom is 0.373 e. The van der Waals surface area contributed by atoms with Crippen LogP contribution < -0.4 is 0 Å². The molecule has 52 valence electrons. The number of hydrogen-bond acceptors (Lipinski definition) is 3. The number of carbonyl (C=O) groups excluding carboxylic acids is 3. The lowest BCUT2D eigenvalue weighted by atomic mass is 10.8. The molecule has 0 rings (SSSR count). The van der Waals surface area contributed by atoms with Crippen LogP contribution in [0.15, 0.2) is 12.7 Å². The molecule has 9 heavy (non-hydrogen) atoms. The Morgan fingerprint density at radius 2 is 1.33 bits per heavy atom. The van der Waals surface area contributed by atoms with Crippen LogP contribution in [0.3, 0.4) is 0 Å². The molecule has 0 aromatic carbocycles. The summed E-state index contributed by atoms with van der Waals surface area (Å²) in [4.78, 5) is 25.1. The van der Waals surface area contributed by atoms with Crippen molar-refractivity contribution in [3.63, 3.8) is 0 Å². The smallest absolute Gasteiger partial charge is 0.304 e. The van der Waals surface area contributed by atoms with Gasteiger partial charge in [-0.15, -0.1) is 6.58 Å². The summed E-state index contributed by atoms with van der Waals surface area (Å²) in [6.45, 7) is 6.69. The second-order valence-corrected chi connectivity index (χ2v) is 0.727. The van der Waals surface area contributed by atoms with Gasteiger partial charge in [-0.25, -0.2) is 0 Å². The van der Waals surface area contributed by atoms with Gasteiger partial charge in [-0.1, -0.05) is 6.08 Å². The van der Waals surface area contributed by atoms with Crippen molar-refractivity contribution in [3.8, 4) is 0 Å². The van der Waals surface area contributed by atoms with Crippen LogP contribution in [0, 0.1) is 0 Å². The molecule has 0 saturated heterocycles. The van der Waals surface area contributed by atoms with Crippen molar-refractivity contribution < 1.29 is 14.4 Å². The number of allylic oxidation sites excluding steroid dienone is 1. The number of rotatable bonds is 0. The van der Waals surface area contributed by atoms with Crippen molar-refractivity contribution in [1.82, 2.24) is 0 Å². The van der Waals surface area contributed by atoms with Gasteiger partial charge in [0.05, 0.1) is 0 Å². The molecule has 3 heteroatoms. The molecule has 0 aromatic rings. The van der Waals surface area contributed by atoms with Gasteiger partial charge in [0.25, 0.3) is 0 Å². The monoisotopic (exact) mass is 130 g/mol. The third-order valence-corrected chi connectivity index (χ3v) is 0. The molecule has 0 bridgehead atoms. The normalized spacial score (nSPS) is 3.78. The van der Waals surface area contributed by atoms with Gasteiger partial charge in [0.2, 0.25) is 0 Å². The zero-order chi connectivity index (χ0) is 8.12. The Hall–Kier alpha value is -1.21. The van der Waals surface area contributed by atoms with Crippen molar-refractivity contribution >= 4 is 12.4 Å². The molecule has 0 aliphatic heterocycles. The SMILES string of the molecule is C=CC.CC=O.O=C=O. The zero-order valence-electron chi connectivity index (χ0n) is 5.59. The average Bonchev–Trinajstić information content (AvgIpc) is 1.70.